The fraction of sp³-hybridized carbons (Fsp3) is 0.500. The van der Waals surface area contributed by atoms with Gasteiger partial charge in [-0.15, -0.1) is 0 Å². The van der Waals surface area contributed by atoms with Crippen LogP contribution in [0.2, 0.25) is 0 Å². The average Bonchev–Trinajstić information content (AvgIpc) is 3.33. The van der Waals surface area contributed by atoms with Gasteiger partial charge < -0.3 is 19.9 Å². The summed E-state index contributed by atoms with van der Waals surface area (Å²) < 4.78 is 5.56. The zero-order valence-corrected chi connectivity index (χ0v) is 19.7. The van der Waals surface area contributed by atoms with Crippen molar-refractivity contribution >= 4 is 28.7 Å². The maximum Gasteiger partial charge on any atom is 0.173 e. The van der Waals surface area contributed by atoms with Gasteiger partial charge in [0.15, 0.2) is 5.11 Å². The molecule has 0 amide bonds. The number of rotatable bonds is 7. The number of benzene rings is 2. The molecule has 1 N–H and O–H groups in total. The van der Waals surface area contributed by atoms with Crippen molar-refractivity contribution in [2.75, 3.05) is 29.9 Å². The van der Waals surface area contributed by atoms with E-state index < -0.39 is 0 Å². The second-order valence-corrected chi connectivity index (χ2v) is 8.99. The van der Waals surface area contributed by atoms with Crippen LogP contribution in [0.5, 0.6) is 5.75 Å². The van der Waals surface area contributed by atoms with Crippen molar-refractivity contribution in [3.8, 4) is 5.75 Å². The predicted octanol–water partition coefficient (Wildman–Crippen LogP) is 6.00. The van der Waals surface area contributed by atoms with E-state index in [1.807, 2.05) is 31.2 Å². The summed E-state index contributed by atoms with van der Waals surface area (Å²) in [6.45, 7) is 8.05. The number of ether oxygens (including phenoxy) is 1. The van der Waals surface area contributed by atoms with E-state index in [0.717, 1.165) is 29.6 Å². The molecule has 1 aliphatic heterocycles. The molecule has 0 radical (unpaired) electrons. The summed E-state index contributed by atoms with van der Waals surface area (Å²) in [4.78, 5) is 4.91. The van der Waals surface area contributed by atoms with E-state index in [2.05, 4.69) is 40.2 Å². The molecule has 0 atom stereocenters. The molecule has 166 valence electrons. The number of nitrogens with one attached hydrogen (secondary N) is 1. The minimum Gasteiger partial charge on any atom is -0.494 e. The molecule has 0 aromatic heterocycles. The lowest BCUT2D eigenvalue weighted by molar-refractivity contribution is 0.312. The Morgan fingerprint density at radius 2 is 1.87 bits per heavy atom. The number of nitrogens with zero attached hydrogens (tertiary/aromatic N) is 2. The fourth-order valence-electron chi connectivity index (χ4n) is 4.93. The van der Waals surface area contributed by atoms with Gasteiger partial charge in [0.1, 0.15) is 5.75 Å². The van der Waals surface area contributed by atoms with Crippen LogP contribution < -0.4 is 15.0 Å². The minimum atomic E-state index is 0.519. The van der Waals surface area contributed by atoms with Crippen LogP contribution in [0.25, 0.3) is 0 Å². The molecule has 31 heavy (non-hydrogen) atoms. The third-order valence-electron chi connectivity index (χ3n) is 6.54. The largest absolute Gasteiger partial charge is 0.494 e. The van der Waals surface area contributed by atoms with Gasteiger partial charge in [0.2, 0.25) is 0 Å². The van der Waals surface area contributed by atoms with Crippen molar-refractivity contribution in [1.29, 1.82) is 0 Å². The number of hydrogen-bond donors (Lipinski definition) is 1. The first kappa shape index (κ1) is 21.9. The molecule has 0 saturated heterocycles. The van der Waals surface area contributed by atoms with Gasteiger partial charge in [-0.25, -0.2) is 0 Å². The molecule has 2 aromatic rings. The first-order valence-corrected chi connectivity index (χ1v) is 12.3. The molecule has 0 unspecified atom stereocenters. The molecule has 4 rings (SSSR count). The zero-order valence-electron chi connectivity index (χ0n) is 18.9. The molecule has 2 aromatic carbocycles. The first-order valence-electron chi connectivity index (χ1n) is 11.8. The van der Waals surface area contributed by atoms with Crippen LogP contribution in [-0.4, -0.2) is 35.8 Å². The second kappa shape index (κ2) is 10.4. The number of aryl methyl sites for hydroxylation is 1. The average molecular weight is 438 g/mol. The normalized spacial score (nSPS) is 16.1. The standard InChI is InChI=1S/C26H35N3OS/c1-3-28-17-7-8-21-18-20(11-16-25(21)28)19-29(23-9-5-6-10-23)26(31)27-22-12-14-24(15-13-22)30-4-2/h11-16,18,23H,3-10,17,19H2,1-2H3,(H,27,31). The zero-order chi connectivity index (χ0) is 21.6. The van der Waals surface area contributed by atoms with Crippen molar-refractivity contribution < 1.29 is 4.74 Å². The molecule has 1 fully saturated rings. The van der Waals surface area contributed by atoms with E-state index in [1.165, 1.54) is 61.9 Å². The van der Waals surface area contributed by atoms with Crippen LogP contribution in [0.1, 0.15) is 57.1 Å². The quantitative estimate of drug-likeness (QED) is 0.536. The van der Waals surface area contributed by atoms with Crippen molar-refractivity contribution in [2.24, 2.45) is 0 Å². The topological polar surface area (TPSA) is 27.7 Å². The summed E-state index contributed by atoms with van der Waals surface area (Å²) >= 11 is 5.91. The van der Waals surface area contributed by atoms with Gasteiger partial charge in [-0.05, 0) is 93.2 Å². The molecule has 0 bridgehead atoms. The van der Waals surface area contributed by atoms with Gasteiger partial charge in [-0.3, -0.25) is 0 Å². The SMILES string of the molecule is CCOc1ccc(NC(=S)N(Cc2ccc3c(c2)CCCN3CC)C2CCCC2)cc1. The third-order valence-corrected chi connectivity index (χ3v) is 6.87. The molecule has 1 saturated carbocycles. The molecular formula is C26H35N3OS. The molecule has 0 spiro atoms. The Kier molecular flexibility index (Phi) is 7.33. The first-order chi connectivity index (χ1) is 15.2. The maximum absolute atomic E-state index is 5.91. The van der Waals surface area contributed by atoms with Gasteiger partial charge in [0.05, 0.1) is 6.61 Å². The summed E-state index contributed by atoms with van der Waals surface area (Å²) in [6.07, 6.45) is 7.45. The van der Waals surface area contributed by atoms with Gasteiger partial charge in [-0.2, -0.15) is 0 Å². The van der Waals surface area contributed by atoms with E-state index in [0.29, 0.717) is 12.6 Å². The predicted molar refractivity (Wildman–Crippen MR) is 134 cm³/mol. The highest BCUT2D eigenvalue weighted by Gasteiger charge is 2.25. The Morgan fingerprint density at radius 1 is 1.10 bits per heavy atom. The number of thiocarbonyl (C=S) groups is 1. The van der Waals surface area contributed by atoms with Gasteiger partial charge >= 0.3 is 0 Å². The van der Waals surface area contributed by atoms with E-state index >= 15 is 0 Å². The molecule has 1 heterocycles. The summed E-state index contributed by atoms with van der Waals surface area (Å²) in [5, 5.41) is 4.30. The van der Waals surface area contributed by atoms with Crippen LogP contribution in [0.3, 0.4) is 0 Å². The third kappa shape index (κ3) is 5.32. The highest BCUT2D eigenvalue weighted by atomic mass is 32.1. The minimum absolute atomic E-state index is 0.519. The highest BCUT2D eigenvalue weighted by molar-refractivity contribution is 7.80. The van der Waals surface area contributed by atoms with Gasteiger partial charge in [0.25, 0.3) is 0 Å². The van der Waals surface area contributed by atoms with Crippen molar-refractivity contribution in [2.45, 2.75) is 65.0 Å². The molecule has 5 heteroatoms. The van der Waals surface area contributed by atoms with Crippen LogP contribution in [0.15, 0.2) is 42.5 Å². The van der Waals surface area contributed by atoms with Crippen molar-refractivity contribution in [1.82, 2.24) is 4.90 Å². The number of fused-ring (bicyclic) bond motifs is 1. The Hall–Kier alpha value is -2.27. The van der Waals surface area contributed by atoms with E-state index in [1.54, 1.807) is 0 Å². The highest BCUT2D eigenvalue weighted by Crippen LogP contribution is 2.30. The van der Waals surface area contributed by atoms with Crippen molar-refractivity contribution in [3.05, 3.63) is 53.6 Å². The van der Waals surface area contributed by atoms with Crippen LogP contribution in [0.4, 0.5) is 11.4 Å². The van der Waals surface area contributed by atoms with E-state index in [-0.39, 0.29) is 0 Å². The molecule has 4 nitrogen and oxygen atoms in total. The second-order valence-electron chi connectivity index (χ2n) is 8.60. The molecule has 2 aliphatic rings. The summed E-state index contributed by atoms with van der Waals surface area (Å²) in [5.74, 6) is 0.891. The van der Waals surface area contributed by atoms with E-state index in [4.69, 9.17) is 17.0 Å². The van der Waals surface area contributed by atoms with Crippen LogP contribution in [0, 0.1) is 0 Å². The Labute approximate surface area is 192 Å². The summed E-state index contributed by atoms with van der Waals surface area (Å²) in [7, 11) is 0. The maximum atomic E-state index is 5.91. The fourth-order valence-corrected chi connectivity index (χ4v) is 5.26. The monoisotopic (exact) mass is 437 g/mol. The molecular weight excluding hydrogens is 402 g/mol. The van der Waals surface area contributed by atoms with Crippen molar-refractivity contribution in [3.63, 3.8) is 0 Å². The number of anilines is 2. The smallest absolute Gasteiger partial charge is 0.173 e. The van der Waals surface area contributed by atoms with Crippen LogP contribution >= 0.6 is 12.2 Å². The van der Waals surface area contributed by atoms with Gasteiger partial charge in [-0.1, -0.05) is 25.0 Å². The lowest BCUT2D eigenvalue weighted by Gasteiger charge is -2.33. The summed E-state index contributed by atoms with van der Waals surface area (Å²) in [5.41, 5.74) is 5.28. The number of hydrogen-bond acceptors (Lipinski definition) is 3. The Morgan fingerprint density at radius 3 is 2.58 bits per heavy atom. The van der Waals surface area contributed by atoms with Crippen LogP contribution in [-0.2, 0) is 13.0 Å². The van der Waals surface area contributed by atoms with E-state index in [9.17, 15) is 0 Å². The van der Waals surface area contributed by atoms with Gasteiger partial charge in [0, 0.05) is 37.1 Å². The lowest BCUT2D eigenvalue weighted by atomic mass is 9.99. The lowest BCUT2D eigenvalue weighted by Crippen LogP contribution is -2.41. The summed E-state index contributed by atoms with van der Waals surface area (Å²) in [6, 6.07) is 15.6. The Balaban J connectivity index is 1.49. The molecule has 1 aliphatic carbocycles. The Bertz CT molecular complexity index is 877.